The summed E-state index contributed by atoms with van der Waals surface area (Å²) in [5.74, 6) is 0.102. The van der Waals surface area contributed by atoms with Crippen LogP contribution in [0.4, 0.5) is 0 Å². The molecule has 96 valence electrons. The van der Waals surface area contributed by atoms with E-state index in [4.69, 9.17) is 0 Å². The zero-order chi connectivity index (χ0) is 12.4. The van der Waals surface area contributed by atoms with Gasteiger partial charge in [-0.2, -0.15) is 0 Å². The maximum atomic E-state index is 11.4. The predicted octanol–water partition coefficient (Wildman–Crippen LogP) is 0.833. The average molecular weight is 229 g/mol. The monoisotopic (exact) mass is 229 g/mol. The lowest BCUT2D eigenvalue weighted by Crippen LogP contribution is -2.38. The molecule has 0 rings (SSSR count). The van der Waals surface area contributed by atoms with Gasteiger partial charge in [0.15, 0.2) is 0 Å². The minimum Gasteiger partial charge on any atom is -0.355 e. The van der Waals surface area contributed by atoms with Gasteiger partial charge in [-0.05, 0) is 46.8 Å². The number of nitrogens with one attached hydrogen (secondary N) is 2. The van der Waals surface area contributed by atoms with Crippen LogP contribution in [0.15, 0.2) is 0 Å². The minimum absolute atomic E-state index is 0.102. The summed E-state index contributed by atoms with van der Waals surface area (Å²) in [7, 11) is 4.13. The summed E-state index contributed by atoms with van der Waals surface area (Å²) in [6.45, 7) is 6.50. The van der Waals surface area contributed by atoms with E-state index < -0.39 is 0 Å². The number of rotatable bonds is 9. The van der Waals surface area contributed by atoms with Crippen LogP contribution in [0.1, 0.15) is 33.1 Å². The summed E-state index contributed by atoms with van der Waals surface area (Å²) >= 11 is 0. The molecule has 0 aromatic carbocycles. The molecule has 0 aliphatic carbocycles. The number of nitrogens with zero attached hydrogens (tertiary/aromatic N) is 1. The standard InChI is InChI=1S/C12H27N3O/c1-5-11(2)14-10-12(16)13-8-6-7-9-15(3)4/h11,14H,5-10H2,1-4H3,(H,13,16). The molecular formula is C12H27N3O. The molecule has 0 saturated heterocycles. The van der Waals surface area contributed by atoms with Crippen molar-refractivity contribution >= 4 is 5.91 Å². The van der Waals surface area contributed by atoms with Gasteiger partial charge in [0, 0.05) is 12.6 Å². The quantitative estimate of drug-likeness (QED) is 0.576. The SMILES string of the molecule is CCC(C)NCC(=O)NCCCCN(C)C. The van der Waals surface area contributed by atoms with E-state index in [1.165, 1.54) is 0 Å². The first-order valence-corrected chi connectivity index (χ1v) is 6.21. The van der Waals surface area contributed by atoms with Gasteiger partial charge < -0.3 is 15.5 Å². The Balaban J connectivity index is 3.30. The van der Waals surface area contributed by atoms with Gasteiger partial charge in [0.2, 0.25) is 5.91 Å². The van der Waals surface area contributed by atoms with Gasteiger partial charge in [-0.3, -0.25) is 4.79 Å². The lowest BCUT2D eigenvalue weighted by molar-refractivity contribution is -0.120. The molecular weight excluding hydrogens is 202 g/mol. The second-order valence-electron chi connectivity index (χ2n) is 4.55. The van der Waals surface area contributed by atoms with E-state index in [0.717, 1.165) is 32.4 Å². The van der Waals surface area contributed by atoms with Crippen molar-refractivity contribution in [3.05, 3.63) is 0 Å². The third-order valence-electron chi connectivity index (χ3n) is 2.58. The highest BCUT2D eigenvalue weighted by Crippen LogP contribution is 1.89. The van der Waals surface area contributed by atoms with Gasteiger partial charge in [0.05, 0.1) is 6.54 Å². The molecule has 0 aromatic rings. The molecule has 4 heteroatoms. The Labute approximate surface area is 99.8 Å². The van der Waals surface area contributed by atoms with Crippen molar-refractivity contribution in [2.24, 2.45) is 0 Å². The largest absolute Gasteiger partial charge is 0.355 e. The number of carbonyl (C=O) groups excluding carboxylic acids is 1. The van der Waals surface area contributed by atoms with E-state index in [1.54, 1.807) is 0 Å². The molecule has 0 aliphatic rings. The minimum atomic E-state index is 0.102. The number of unbranched alkanes of at least 4 members (excludes halogenated alkanes) is 1. The van der Waals surface area contributed by atoms with Gasteiger partial charge in [-0.25, -0.2) is 0 Å². The molecule has 0 bridgehead atoms. The number of amides is 1. The zero-order valence-electron chi connectivity index (χ0n) is 11.2. The maximum absolute atomic E-state index is 11.4. The fourth-order valence-corrected chi connectivity index (χ4v) is 1.25. The van der Waals surface area contributed by atoms with Crippen LogP contribution in [-0.4, -0.2) is 50.6 Å². The normalized spacial score (nSPS) is 12.8. The van der Waals surface area contributed by atoms with Crippen molar-refractivity contribution in [3.63, 3.8) is 0 Å². The second-order valence-corrected chi connectivity index (χ2v) is 4.55. The Kier molecular flexibility index (Phi) is 9.24. The molecule has 0 heterocycles. The summed E-state index contributed by atoms with van der Waals surface area (Å²) in [6.07, 6.45) is 3.23. The van der Waals surface area contributed by atoms with Crippen LogP contribution in [0.2, 0.25) is 0 Å². The summed E-state index contributed by atoms with van der Waals surface area (Å²) in [5, 5.41) is 6.09. The molecule has 0 aromatic heterocycles. The Hall–Kier alpha value is -0.610. The molecule has 2 N–H and O–H groups in total. The number of carbonyl (C=O) groups is 1. The van der Waals surface area contributed by atoms with Gasteiger partial charge in [-0.15, -0.1) is 0 Å². The topological polar surface area (TPSA) is 44.4 Å². The van der Waals surface area contributed by atoms with Crippen LogP contribution in [0.3, 0.4) is 0 Å². The smallest absolute Gasteiger partial charge is 0.233 e. The van der Waals surface area contributed by atoms with Crippen LogP contribution < -0.4 is 10.6 Å². The van der Waals surface area contributed by atoms with E-state index in [0.29, 0.717) is 12.6 Å². The van der Waals surface area contributed by atoms with Crippen LogP contribution >= 0.6 is 0 Å². The summed E-state index contributed by atoms with van der Waals surface area (Å²) in [4.78, 5) is 13.5. The molecule has 1 unspecified atom stereocenters. The van der Waals surface area contributed by atoms with E-state index >= 15 is 0 Å². The van der Waals surface area contributed by atoms with Gasteiger partial charge in [-0.1, -0.05) is 6.92 Å². The first kappa shape index (κ1) is 15.4. The molecule has 0 aliphatic heterocycles. The highest BCUT2D eigenvalue weighted by atomic mass is 16.1. The van der Waals surface area contributed by atoms with Crippen molar-refractivity contribution < 1.29 is 4.79 Å². The molecule has 0 saturated carbocycles. The van der Waals surface area contributed by atoms with Gasteiger partial charge in [0.1, 0.15) is 0 Å². The third kappa shape index (κ3) is 9.93. The number of hydrogen-bond donors (Lipinski definition) is 2. The van der Waals surface area contributed by atoms with E-state index in [1.807, 2.05) is 0 Å². The van der Waals surface area contributed by atoms with E-state index in [2.05, 4.69) is 43.5 Å². The van der Waals surface area contributed by atoms with Crippen molar-refractivity contribution in [1.82, 2.24) is 15.5 Å². The fraction of sp³-hybridized carbons (Fsp3) is 0.917. The van der Waals surface area contributed by atoms with Crippen molar-refractivity contribution in [1.29, 1.82) is 0 Å². The van der Waals surface area contributed by atoms with Crippen LogP contribution in [0, 0.1) is 0 Å². The molecule has 1 atom stereocenters. The van der Waals surface area contributed by atoms with Crippen LogP contribution in [-0.2, 0) is 4.79 Å². The lowest BCUT2D eigenvalue weighted by atomic mass is 10.2. The molecule has 1 amide bonds. The van der Waals surface area contributed by atoms with Crippen molar-refractivity contribution in [2.45, 2.75) is 39.2 Å². The van der Waals surface area contributed by atoms with Crippen LogP contribution in [0.25, 0.3) is 0 Å². The molecule has 0 radical (unpaired) electrons. The van der Waals surface area contributed by atoms with Gasteiger partial charge >= 0.3 is 0 Å². The summed E-state index contributed by atoms with van der Waals surface area (Å²) in [6, 6.07) is 0.416. The third-order valence-corrected chi connectivity index (χ3v) is 2.58. The van der Waals surface area contributed by atoms with Crippen molar-refractivity contribution in [3.8, 4) is 0 Å². The second kappa shape index (κ2) is 9.60. The van der Waals surface area contributed by atoms with Crippen LogP contribution in [0.5, 0.6) is 0 Å². The molecule has 4 nitrogen and oxygen atoms in total. The van der Waals surface area contributed by atoms with E-state index in [-0.39, 0.29) is 5.91 Å². The summed E-state index contributed by atoms with van der Waals surface area (Å²) < 4.78 is 0. The number of hydrogen-bond acceptors (Lipinski definition) is 3. The highest BCUT2D eigenvalue weighted by Gasteiger charge is 2.02. The Morgan fingerprint density at radius 2 is 2.00 bits per heavy atom. The Bertz CT molecular complexity index is 183. The Morgan fingerprint density at radius 3 is 2.56 bits per heavy atom. The first-order valence-electron chi connectivity index (χ1n) is 6.21. The zero-order valence-corrected chi connectivity index (χ0v) is 11.2. The lowest BCUT2D eigenvalue weighted by Gasteiger charge is -2.12. The molecule has 0 fully saturated rings. The first-order chi connectivity index (χ1) is 7.56. The highest BCUT2D eigenvalue weighted by molar-refractivity contribution is 5.77. The van der Waals surface area contributed by atoms with E-state index in [9.17, 15) is 4.79 Å². The molecule has 0 spiro atoms. The average Bonchev–Trinajstić information content (AvgIpc) is 2.24. The Morgan fingerprint density at radius 1 is 1.31 bits per heavy atom. The summed E-state index contributed by atoms with van der Waals surface area (Å²) in [5.41, 5.74) is 0. The fourth-order valence-electron chi connectivity index (χ4n) is 1.25. The molecule has 16 heavy (non-hydrogen) atoms. The van der Waals surface area contributed by atoms with Crippen molar-refractivity contribution in [2.75, 3.05) is 33.7 Å². The van der Waals surface area contributed by atoms with Gasteiger partial charge in [0.25, 0.3) is 0 Å². The maximum Gasteiger partial charge on any atom is 0.233 e. The predicted molar refractivity (Wildman–Crippen MR) is 68.6 cm³/mol.